The highest BCUT2D eigenvalue weighted by Gasteiger charge is 2.29. The van der Waals surface area contributed by atoms with E-state index in [0.717, 1.165) is 0 Å². The molecule has 0 amide bonds. The molecule has 0 aliphatic rings. The lowest BCUT2D eigenvalue weighted by Crippen LogP contribution is -2.46. The van der Waals surface area contributed by atoms with Gasteiger partial charge in [0.2, 0.25) is 0 Å². The minimum atomic E-state index is -1.79. The molecule has 102 valence electrons. The molecule has 6 heteroatoms. The Kier molecular flexibility index (Phi) is 8.99. The van der Waals surface area contributed by atoms with Gasteiger partial charge in [0.05, 0.1) is 6.61 Å². The smallest absolute Gasteiger partial charge is 0.151 e. The molecule has 0 fully saturated rings. The van der Waals surface area contributed by atoms with Crippen molar-refractivity contribution in [3.05, 3.63) is 36.4 Å². The van der Waals surface area contributed by atoms with Crippen molar-refractivity contribution in [2.45, 2.75) is 24.4 Å². The zero-order valence-electron chi connectivity index (χ0n) is 9.70. The van der Waals surface area contributed by atoms with Crippen LogP contribution >= 0.6 is 0 Å². The largest absolute Gasteiger partial charge is 0.394 e. The van der Waals surface area contributed by atoms with E-state index >= 15 is 0 Å². The van der Waals surface area contributed by atoms with Crippen LogP contribution in [0.4, 0.5) is 0 Å². The fourth-order valence-electron chi connectivity index (χ4n) is 1.00. The molecular weight excluding hydrogens is 240 g/mol. The van der Waals surface area contributed by atoms with Gasteiger partial charge in [-0.05, 0) is 0 Å². The van der Waals surface area contributed by atoms with Gasteiger partial charge in [0.15, 0.2) is 6.29 Å². The maximum Gasteiger partial charge on any atom is 0.151 e. The third-order valence-corrected chi connectivity index (χ3v) is 2.09. The van der Waals surface area contributed by atoms with Crippen LogP contribution in [0.1, 0.15) is 0 Å². The summed E-state index contributed by atoms with van der Waals surface area (Å²) >= 11 is 0. The Labute approximate surface area is 105 Å². The zero-order valence-corrected chi connectivity index (χ0v) is 9.70. The lowest BCUT2D eigenvalue weighted by molar-refractivity contribution is -0.136. The summed E-state index contributed by atoms with van der Waals surface area (Å²) in [6.45, 7) is -0.760. The highest BCUT2D eigenvalue weighted by molar-refractivity contribution is 5.56. The molecule has 18 heavy (non-hydrogen) atoms. The van der Waals surface area contributed by atoms with Gasteiger partial charge in [-0.15, -0.1) is 0 Å². The van der Waals surface area contributed by atoms with Gasteiger partial charge in [-0.2, -0.15) is 0 Å². The van der Waals surface area contributed by atoms with Crippen molar-refractivity contribution in [1.29, 1.82) is 0 Å². The number of carbonyl (C=O) groups excluding carboxylic acids is 1. The Bertz CT molecular complexity index is 278. The maximum absolute atomic E-state index is 9.90. The van der Waals surface area contributed by atoms with E-state index in [9.17, 15) is 4.79 Å². The number of hydrogen-bond acceptors (Lipinski definition) is 6. The second kappa shape index (κ2) is 9.69. The summed E-state index contributed by atoms with van der Waals surface area (Å²) in [4.78, 5) is 9.90. The molecule has 6 nitrogen and oxygen atoms in total. The molecule has 1 rings (SSSR count). The molecule has 1 aromatic rings. The molecule has 0 aromatic heterocycles. The average Bonchev–Trinajstić information content (AvgIpc) is 2.46. The normalized spacial score (nSPS) is 16.7. The molecule has 0 radical (unpaired) electrons. The van der Waals surface area contributed by atoms with Gasteiger partial charge in [0, 0.05) is 0 Å². The minimum Gasteiger partial charge on any atom is -0.394 e. The van der Waals surface area contributed by atoms with Crippen LogP contribution in [0.25, 0.3) is 0 Å². The van der Waals surface area contributed by atoms with E-state index in [1.54, 1.807) is 0 Å². The lowest BCUT2D eigenvalue weighted by atomic mass is 10.0. The van der Waals surface area contributed by atoms with Crippen LogP contribution in [0, 0.1) is 0 Å². The summed E-state index contributed by atoms with van der Waals surface area (Å²) in [5.74, 6) is 0. The predicted octanol–water partition coefficient (Wildman–Crippen LogP) is -1.69. The van der Waals surface area contributed by atoms with Gasteiger partial charge in [-0.1, -0.05) is 36.4 Å². The van der Waals surface area contributed by atoms with E-state index in [0.29, 0.717) is 0 Å². The molecule has 0 bridgehead atoms. The summed E-state index contributed by atoms with van der Waals surface area (Å²) in [5.41, 5.74) is 0. The van der Waals surface area contributed by atoms with Crippen molar-refractivity contribution in [3.8, 4) is 0 Å². The molecular formula is C12H18O6. The van der Waals surface area contributed by atoms with Crippen molar-refractivity contribution >= 4 is 6.29 Å². The lowest BCUT2D eigenvalue weighted by Gasteiger charge is -2.22. The number of rotatable bonds is 5. The summed E-state index contributed by atoms with van der Waals surface area (Å²) in [6, 6.07) is 12.0. The van der Waals surface area contributed by atoms with Crippen LogP contribution in [0.2, 0.25) is 0 Å². The van der Waals surface area contributed by atoms with E-state index < -0.39 is 31.0 Å². The van der Waals surface area contributed by atoms with Crippen LogP contribution in [-0.4, -0.2) is 62.8 Å². The Hall–Kier alpha value is -1.31. The Morgan fingerprint density at radius 2 is 1.22 bits per heavy atom. The third kappa shape index (κ3) is 6.43. The molecule has 0 aliphatic carbocycles. The summed E-state index contributed by atoms with van der Waals surface area (Å²) in [5, 5.41) is 43.5. The summed E-state index contributed by atoms with van der Waals surface area (Å²) in [6.07, 6.45) is -6.84. The first-order valence-corrected chi connectivity index (χ1v) is 5.33. The Morgan fingerprint density at radius 3 is 1.50 bits per heavy atom. The van der Waals surface area contributed by atoms with Gasteiger partial charge in [-0.3, -0.25) is 0 Å². The van der Waals surface area contributed by atoms with E-state index in [-0.39, 0.29) is 6.29 Å². The number of aliphatic hydroxyl groups excluding tert-OH is 5. The monoisotopic (exact) mass is 258 g/mol. The van der Waals surface area contributed by atoms with E-state index in [4.69, 9.17) is 25.5 Å². The Balaban J connectivity index is 0.000000397. The summed E-state index contributed by atoms with van der Waals surface area (Å²) in [7, 11) is 0. The molecule has 0 aliphatic heterocycles. The summed E-state index contributed by atoms with van der Waals surface area (Å²) < 4.78 is 0. The second-order valence-corrected chi connectivity index (χ2v) is 3.51. The van der Waals surface area contributed by atoms with E-state index in [2.05, 4.69) is 0 Å². The number of benzene rings is 1. The van der Waals surface area contributed by atoms with Crippen LogP contribution in [0.15, 0.2) is 36.4 Å². The topological polar surface area (TPSA) is 118 Å². The van der Waals surface area contributed by atoms with E-state index in [1.807, 2.05) is 36.4 Å². The number of hydrogen-bond donors (Lipinski definition) is 5. The van der Waals surface area contributed by atoms with Crippen LogP contribution in [0.3, 0.4) is 0 Å². The fourth-order valence-corrected chi connectivity index (χ4v) is 1.00. The van der Waals surface area contributed by atoms with Crippen LogP contribution < -0.4 is 0 Å². The van der Waals surface area contributed by atoms with Gasteiger partial charge in [0.25, 0.3) is 0 Å². The van der Waals surface area contributed by atoms with Crippen molar-refractivity contribution in [2.75, 3.05) is 6.61 Å². The maximum atomic E-state index is 9.90. The SMILES string of the molecule is O=C[C@H](O)[C@@H](O)[C@H](O)[C@H](O)CO.c1ccccc1. The van der Waals surface area contributed by atoms with Crippen LogP contribution in [0.5, 0.6) is 0 Å². The van der Waals surface area contributed by atoms with Gasteiger partial charge in [-0.25, -0.2) is 0 Å². The number of aldehydes is 1. The first kappa shape index (κ1) is 16.7. The molecule has 4 atom stereocenters. The zero-order chi connectivity index (χ0) is 14.0. The molecule has 0 unspecified atom stereocenters. The quantitative estimate of drug-likeness (QED) is 0.402. The Morgan fingerprint density at radius 1 is 0.833 bits per heavy atom. The number of aliphatic hydroxyl groups is 5. The predicted molar refractivity (Wildman–Crippen MR) is 63.6 cm³/mol. The molecule has 5 N–H and O–H groups in total. The van der Waals surface area contributed by atoms with Gasteiger partial charge in [0.1, 0.15) is 24.4 Å². The first-order valence-electron chi connectivity index (χ1n) is 5.33. The number of carbonyl (C=O) groups is 1. The fraction of sp³-hybridized carbons (Fsp3) is 0.417. The van der Waals surface area contributed by atoms with Gasteiger partial charge >= 0.3 is 0 Å². The molecule has 1 aromatic carbocycles. The van der Waals surface area contributed by atoms with E-state index in [1.165, 1.54) is 0 Å². The molecule has 0 saturated heterocycles. The van der Waals surface area contributed by atoms with Crippen molar-refractivity contribution in [3.63, 3.8) is 0 Å². The standard InChI is InChI=1S/C6H12O6.C6H6/c7-1-3(9)5(11)6(12)4(10)2-8;1-2-4-6-5-3-1/h1,3-6,8-12H,2H2;1-6H/t3-,4+,5+,6+;/m0./s1. The highest BCUT2D eigenvalue weighted by Crippen LogP contribution is 2.02. The van der Waals surface area contributed by atoms with Gasteiger partial charge < -0.3 is 30.3 Å². The average molecular weight is 258 g/mol. The van der Waals surface area contributed by atoms with Crippen LogP contribution in [-0.2, 0) is 4.79 Å². The van der Waals surface area contributed by atoms with Crippen molar-refractivity contribution in [2.24, 2.45) is 0 Å². The third-order valence-electron chi connectivity index (χ3n) is 2.09. The second-order valence-electron chi connectivity index (χ2n) is 3.51. The highest BCUT2D eigenvalue weighted by atomic mass is 16.4. The first-order chi connectivity index (χ1) is 8.54. The molecule has 0 heterocycles. The molecule has 0 saturated carbocycles. The molecule has 0 spiro atoms. The minimum absolute atomic E-state index is 0.0258. The van der Waals surface area contributed by atoms with Crippen molar-refractivity contribution in [1.82, 2.24) is 0 Å². The van der Waals surface area contributed by atoms with Crippen molar-refractivity contribution < 1.29 is 30.3 Å².